The summed E-state index contributed by atoms with van der Waals surface area (Å²) in [6.45, 7) is 1.62. The number of nitrogen functional groups attached to an aromatic ring is 1. The van der Waals surface area contributed by atoms with Gasteiger partial charge < -0.3 is 10.6 Å². The molecular formula is C9H13N3OS. The molecule has 1 aromatic heterocycles. The van der Waals surface area contributed by atoms with Gasteiger partial charge in [0.15, 0.2) is 0 Å². The molecule has 2 N–H and O–H groups in total. The maximum Gasteiger partial charge on any atom is 0.146 e. The second-order valence-electron chi connectivity index (χ2n) is 3.24. The lowest BCUT2D eigenvalue weighted by Crippen LogP contribution is -2.38. The largest absolute Gasteiger partial charge is 0.382 e. The Morgan fingerprint density at radius 1 is 1.43 bits per heavy atom. The molecule has 0 bridgehead atoms. The first-order valence-electron chi connectivity index (χ1n) is 4.58. The fraction of sp³-hybridized carbons (Fsp3) is 0.444. The van der Waals surface area contributed by atoms with Gasteiger partial charge in [0.05, 0.1) is 5.69 Å². The van der Waals surface area contributed by atoms with E-state index < -0.39 is 10.8 Å². The fourth-order valence-electron chi connectivity index (χ4n) is 1.56. The number of hydrogen-bond acceptors (Lipinski definition) is 4. The van der Waals surface area contributed by atoms with E-state index in [-0.39, 0.29) is 0 Å². The molecule has 0 aliphatic carbocycles. The van der Waals surface area contributed by atoms with E-state index >= 15 is 0 Å². The van der Waals surface area contributed by atoms with Gasteiger partial charge in [-0.1, -0.05) is 0 Å². The predicted molar refractivity (Wildman–Crippen MR) is 58.7 cm³/mol. The Balaban J connectivity index is 2.16. The van der Waals surface area contributed by atoms with Crippen LogP contribution < -0.4 is 10.6 Å². The van der Waals surface area contributed by atoms with Gasteiger partial charge in [-0.25, -0.2) is 4.98 Å². The van der Waals surface area contributed by atoms with Crippen LogP contribution in [0.1, 0.15) is 0 Å². The van der Waals surface area contributed by atoms with Crippen LogP contribution in [0.5, 0.6) is 0 Å². The Morgan fingerprint density at radius 2 is 2.14 bits per heavy atom. The molecule has 0 aromatic carbocycles. The van der Waals surface area contributed by atoms with E-state index in [1.807, 2.05) is 12.1 Å². The van der Waals surface area contributed by atoms with Crippen LogP contribution in [0.25, 0.3) is 0 Å². The second-order valence-corrected chi connectivity index (χ2v) is 4.94. The maximum absolute atomic E-state index is 11.2. The average Bonchev–Trinajstić information content (AvgIpc) is 2.20. The third kappa shape index (κ3) is 1.87. The Morgan fingerprint density at radius 3 is 2.79 bits per heavy atom. The first-order valence-corrected chi connectivity index (χ1v) is 6.06. The van der Waals surface area contributed by atoms with Crippen LogP contribution in [-0.2, 0) is 10.8 Å². The molecule has 0 amide bonds. The molecule has 14 heavy (non-hydrogen) atoms. The molecule has 1 aliphatic heterocycles. The van der Waals surface area contributed by atoms with Crippen molar-refractivity contribution in [1.82, 2.24) is 4.98 Å². The number of nitrogens with zero attached hydrogens (tertiary/aromatic N) is 2. The highest BCUT2D eigenvalue weighted by Gasteiger charge is 2.17. The zero-order valence-electron chi connectivity index (χ0n) is 7.85. The molecule has 2 rings (SSSR count). The molecule has 76 valence electrons. The Labute approximate surface area is 85.6 Å². The van der Waals surface area contributed by atoms with E-state index in [1.165, 1.54) is 0 Å². The van der Waals surface area contributed by atoms with Crippen molar-refractivity contribution in [2.75, 3.05) is 35.2 Å². The molecule has 0 saturated carbocycles. The van der Waals surface area contributed by atoms with Crippen LogP contribution in [0.3, 0.4) is 0 Å². The van der Waals surface area contributed by atoms with E-state index in [9.17, 15) is 4.21 Å². The third-order valence-corrected chi connectivity index (χ3v) is 3.61. The SMILES string of the molecule is Nc1ncccc1N1CCS(=O)CC1. The van der Waals surface area contributed by atoms with Gasteiger partial charge in [0, 0.05) is 41.6 Å². The lowest BCUT2D eigenvalue weighted by Gasteiger charge is -2.28. The number of rotatable bonds is 1. The highest BCUT2D eigenvalue weighted by Crippen LogP contribution is 2.21. The van der Waals surface area contributed by atoms with Gasteiger partial charge in [-0.05, 0) is 12.1 Å². The van der Waals surface area contributed by atoms with Crippen molar-refractivity contribution in [2.45, 2.75) is 0 Å². The highest BCUT2D eigenvalue weighted by molar-refractivity contribution is 7.85. The van der Waals surface area contributed by atoms with Gasteiger partial charge in [-0.3, -0.25) is 4.21 Å². The zero-order chi connectivity index (χ0) is 9.97. The van der Waals surface area contributed by atoms with Gasteiger partial charge in [0.2, 0.25) is 0 Å². The van der Waals surface area contributed by atoms with Crippen molar-refractivity contribution in [2.24, 2.45) is 0 Å². The topological polar surface area (TPSA) is 59.2 Å². The number of nitrogens with two attached hydrogens (primary N) is 1. The summed E-state index contributed by atoms with van der Waals surface area (Å²) >= 11 is 0. The summed E-state index contributed by atoms with van der Waals surface area (Å²) in [5.74, 6) is 2.02. The Bertz CT molecular complexity index is 346. The number of anilines is 2. The Kier molecular flexibility index (Phi) is 2.67. The van der Waals surface area contributed by atoms with Gasteiger partial charge in [0.1, 0.15) is 5.82 Å². The fourth-order valence-corrected chi connectivity index (χ4v) is 2.61. The predicted octanol–water partition coefficient (Wildman–Crippen LogP) is 0.232. The van der Waals surface area contributed by atoms with Crippen molar-refractivity contribution >= 4 is 22.3 Å². The van der Waals surface area contributed by atoms with Crippen molar-refractivity contribution in [3.63, 3.8) is 0 Å². The van der Waals surface area contributed by atoms with E-state index in [2.05, 4.69) is 9.88 Å². The summed E-state index contributed by atoms with van der Waals surface area (Å²) < 4.78 is 11.2. The molecule has 4 nitrogen and oxygen atoms in total. The van der Waals surface area contributed by atoms with Gasteiger partial charge >= 0.3 is 0 Å². The smallest absolute Gasteiger partial charge is 0.146 e. The summed E-state index contributed by atoms with van der Waals surface area (Å²) in [7, 11) is -0.644. The number of pyridine rings is 1. The van der Waals surface area contributed by atoms with Crippen molar-refractivity contribution < 1.29 is 4.21 Å². The maximum atomic E-state index is 11.2. The Hall–Kier alpha value is -1.10. The van der Waals surface area contributed by atoms with Crippen molar-refractivity contribution in [3.8, 4) is 0 Å². The first-order chi connectivity index (χ1) is 6.77. The minimum Gasteiger partial charge on any atom is -0.382 e. The van der Waals surface area contributed by atoms with Crippen LogP contribution in [0.2, 0.25) is 0 Å². The van der Waals surface area contributed by atoms with E-state index in [1.54, 1.807) is 6.20 Å². The molecule has 0 spiro atoms. The first kappa shape index (κ1) is 9.45. The molecule has 0 atom stereocenters. The van der Waals surface area contributed by atoms with Crippen LogP contribution in [-0.4, -0.2) is 33.8 Å². The van der Waals surface area contributed by atoms with Crippen LogP contribution >= 0.6 is 0 Å². The zero-order valence-corrected chi connectivity index (χ0v) is 8.67. The van der Waals surface area contributed by atoms with E-state index in [0.29, 0.717) is 5.82 Å². The van der Waals surface area contributed by atoms with Crippen molar-refractivity contribution in [1.29, 1.82) is 0 Å². The molecule has 5 heteroatoms. The van der Waals surface area contributed by atoms with E-state index in [4.69, 9.17) is 5.73 Å². The third-order valence-electron chi connectivity index (χ3n) is 2.33. The van der Waals surface area contributed by atoms with Gasteiger partial charge in [0.25, 0.3) is 0 Å². The molecule has 0 unspecified atom stereocenters. The van der Waals surface area contributed by atoms with Crippen LogP contribution in [0.4, 0.5) is 11.5 Å². The normalized spacial score (nSPS) is 18.4. The highest BCUT2D eigenvalue weighted by atomic mass is 32.2. The monoisotopic (exact) mass is 211 g/mol. The summed E-state index contributed by atoms with van der Waals surface area (Å²) in [4.78, 5) is 6.18. The lowest BCUT2D eigenvalue weighted by molar-refractivity contribution is 0.673. The second kappa shape index (κ2) is 3.96. The lowest BCUT2D eigenvalue weighted by atomic mass is 10.3. The summed E-state index contributed by atoms with van der Waals surface area (Å²) in [6.07, 6.45) is 1.68. The number of aromatic nitrogens is 1. The molecule has 1 aromatic rings. The van der Waals surface area contributed by atoms with Crippen molar-refractivity contribution in [3.05, 3.63) is 18.3 Å². The molecule has 1 fully saturated rings. The van der Waals surface area contributed by atoms with Crippen LogP contribution in [0.15, 0.2) is 18.3 Å². The number of hydrogen-bond donors (Lipinski definition) is 1. The van der Waals surface area contributed by atoms with Gasteiger partial charge in [-0.15, -0.1) is 0 Å². The quantitative estimate of drug-likeness (QED) is 0.722. The molecule has 2 heterocycles. The van der Waals surface area contributed by atoms with Crippen LogP contribution in [0, 0.1) is 0 Å². The van der Waals surface area contributed by atoms with E-state index in [0.717, 1.165) is 30.3 Å². The molecular weight excluding hydrogens is 198 g/mol. The molecule has 1 aliphatic rings. The minimum atomic E-state index is -0.644. The summed E-state index contributed by atoms with van der Waals surface area (Å²) in [5, 5.41) is 0. The summed E-state index contributed by atoms with van der Waals surface area (Å²) in [5.41, 5.74) is 6.72. The standard InChI is InChI=1S/C9H13N3OS/c10-9-8(2-1-3-11-9)12-4-6-14(13)7-5-12/h1-3H,4-7H2,(H2,10,11). The summed E-state index contributed by atoms with van der Waals surface area (Å²) in [6, 6.07) is 3.83. The van der Waals surface area contributed by atoms with Gasteiger partial charge in [-0.2, -0.15) is 0 Å². The average molecular weight is 211 g/mol. The molecule has 1 saturated heterocycles. The minimum absolute atomic E-state index is 0.556. The molecule has 0 radical (unpaired) electrons.